The number of nitrogens with zero attached hydrogens (tertiary/aromatic N) is 2. The lowest BCUT2D eigenvalue weighted by molar-refractivity contribution is -0.137. The Hall–Kier alpha value is -2.57. The fourth-order valence-corrected chi connectivity index (χ4v) is 2.50. The SMILES string of the molecule is O=C(c1cccc(C(F)(F)F)c1)N1CC(COc2cccnc2)C1. The maximum absolute atomic E-state index is 12.7. The number of likely N-dealkylation sites (tertiary alicyclic amines) is 1. The first-order valence-corrected chi connectivity index (χ1v) is 7.43. The number of alkyl halides is 3. The molecule has 4 nitrogen and oxygen atoms in total. The van der Waals surface area contributed by atoms with Gasteiger partial charge in [0.2, 0.25) is 0 Å². The average molecular weight is 336 g/mol. The van der Waals surface area contributed by atoms with Crippen molar-refractivity contribution in [3.63, 3.8) is 0 Å². The molecular weight excluding hydrogens is 321 g/mol. The largest absolute Gasteiger partial charge is 0.492 e. The van der Waals surface area contributed by atoms with Crippen LogP contribution < -0.4 is 4.74 Å². The summed E-state index contributed by atoms with van der Waals surface area (Å²) in [6.07, 6.45) is -1.21. The molecule has 24 heavy (non-hydrogen) atoms. The van der Waals surface area contributed by atoms with E-state index in [1.807, 2.05) is 0 Å². The van der Waals surface area contributed by atoms with E-state index < -0.39 is 17.6 Å². The minimum Gasteiger partial charge on any atom is -0.492 e. The number of amides is 1. The van der Waals surface area contributed by atoms with Crippen LogP contribution in [-0.4, -0.2) is 35.5 Å². The number of pyridine rings is 1. The molecule has 3 rings (SSSR count). The highest BCUT2D eigenvalue weighted by atomic mass is 19.4. The summed E-state index contributed by atoms with van der Waals surface area (Å²) in [7, 11) is 0. The molecule has 0 bridgehead atoms. The lowest BCUT2D eigenvalue weighted by Crippen LogP contribution is -2.52. The van der Waals surface area contributed by atoms with E-state index in [2.05, 4.69) is 4.98 Å². The van der Waals surface area contributed by atoms with Crippen molar-refractivity contribution in [2.45, 2.75) is 6.18 Å². The Kier molecular flexibility index (Phi) is 4.42. The van der Waals surface area contributed by atoms with Gasteiger partial charge in [0, 0.05) is 30.8 Å². The van der Waals surface area contributed by atoms with Gasteiger partial charge in [-0.05, 0) is 30.3 Å². The maximum Gasteiger partial charge on any atom is 0.416 e. The molecule has 0 spiro atoms. The fraction of sp³-hybridized carbons (Fsp3) is 0.294. The van der Waals surface area contributed by atoms with E-state index in [1.165, 1.54) is 17.0 Å². The average Bonchev–Trinajstić information content (AvgIpc) is 2.53. The number of carbonyl (C=O) groups excluding carboxylic acids is 1. The van der Waals surface area contributed by atoms with Crippen molar-refractivity contribution in [3.05, 3.63) is 59.9 Å². The van der Waals surface area contributed by atoms with Gasteiger partial charge in [-0.3, -0.25) is 9.78 Å². The molecule has 1 aromatic heterocycles. The molecule has 0 unspecified atom stereocenters. The van der Waals surface area contributed by atoms with E-state index in [-0.39, 0.29) is 11.5 Å². The zero-order chi connectivity index (χ0) is 17.2. The molecule has 0 atom stereocenters. The number of hydrogen-bond donors (Lipinski definition) is 0. The Morgan fingerprint density at radius 3 is 2.71 bits per heavy atom. The topological polar surface area (TPSA) is 42.4 Å². The van der Waals surface area contributed by atoms with Crippen molar-refractivity contribution in [2.24, 2.45) is 5.92 Å². The smallest absolute Gasteiger partial charge is 0.416 e. The summed E-state index contributed by atoms with van der Waals surface area (Å²) < 4.78 is 43.7. The lowest BCUT2D eigenvalue weighted by atomic mass is 9.99. The van der Waals surface area contributed by atoms with Crippen LogP contribution in [0.25, 0.3) is 0 Å². The minimum absolute atomic E-state index is 0.0523. The van der Waals surface area contributed by atoms with Gasteiger partial charge >= 0.3 is 6.18 Å². The van der Waals surface area contributed by atoms with Gasteiger partial charge in [-0.25, -0.2) is 0 Å². The summed E-state index contributed by atoms with van der Waals surface area (Å²) in [5, 5.41) is 0. The first kappa shape index (κ1) is 16.3. The third-order valence-corrected chi connectivity index (χ3v) is 3.80. The zero-order valence-electron chi connectivity index (χ0n) is 12.7. The second-order valence-electron chi connectivity index (χ2n) is 5.65. The van der Waals surface area contributed by atoms with Crippen LogP contribution in [0, 0.1) is 5.92 Å². The summed E-state index contributed by atoms with van der Waals surface area (Å²) in [6.45, 7) is 1.38. The molecule has 126 valence electrons. The molecule has 0 radical (unpaired) electrons. The van der Waals surface area contributed by atoms with E-state index in [4.69, 9.17) is 4.74 Å². The van der Waals surface area contributed by atoms with Crippen LogP contribution in [0.3, 0.4) is 0 Å². The van der Waals surface area contributed by atoms with Crippen LogP contribution in [0.2, 0.25) is 0 Å². The van der Waals surface area contributed by atoms with Crippen LogP contribution in [0.5, 0.6) is 5.75 Å². The van der Waals surface area contributed by atoms with Gasteiger partial charge in [0.15, 0.2) is 0 Å². The predicted molar refractivity (Wildman–Crippen MR) is 80.6 cm³/mol. The maximum atomic E-state index is 12.7. The summed E-state index contributed by atoms with van der Waals surface area (Å²) in [6, 6.07) is 8.05. The fourth-order valence-electron chi connectivity index (χ4n) is 2.50. The van der Waals surface area contributed by atoms with Crippen LogP contribution in [0.15, 0.2) is 48.8 Å². The predicted octanol–water partition coefficient (Wildman–Crippen LogP) is 3.25. The molecule has 1 aromatic carbocycles. The van der Waals surface area contributed by atoms with Gasteiger partial charge in [-0.15, -0.1) is 0 Å². The lowest BCUT2D eigenvalue weighted by Gasteiger charge is -2.39. The van der Waals surface area contributed by atoms with Gasteiger partial charge in [-0.2, -0.15) is 13.2 Å². The molecule has 1 aliphatic heterocycles. The first-order valence-electron chi connectivity index (χ1n) is 7.43. The first-order chi connectivity index (χ1) is 11.4. The molecule has 7 heteroatoms. The molecular formula is C17H15F3N2O2. The molecule has 0 N–H and O–H groups in total. The summed E-state index contributed by atoms with van der Waals surface area (Å²) >= 11 is 0. The highest BCUT2D eigenvalue weighted by Crippen LogP contribution is 2.30. The monoisotopic (exact) mass is 336 g/mol. The quantitative estimate of drug-likeness (QED) is 0.861. The van der Waals surface area contributed by atoms with Crippen molar-refractivity contribution < 1.29 is 22.7 Å². The number of ether oxygens (including phenoxy) is 1. The third-order valence-electron chi connectivity index (χ3n) is 3.80. The second kappa shape index (κ2) is 6.51. The van der Waals surface area contributed by atoms with E-state index >= 15 is 0 Å². The number of rotatable bonds is 4. The van der Waals surface area contributed by atoms with Gasteiger partial charge in [0.1, 0.15) is 5.75 Å². The van der Waals surface area contributed by atoms with E-state index in [9.17, 15) is 18.0 Å². The Morgan fingerprint density at radius 1 is 1.25 bits per heavy atom. The molecule has 0 saturated carbocycles. The van der Waals surface area contributed by atoms with Crippen molar-refractivity contribution in [1.29, 1.82) is 0 Å². The Balaban J connectivity index is 1.53. The summed E-state index contributed by atoms with van der Waals surface area (Å²) in [4.78, 5) is 17.7. The zero-order valence-corrected chi connectivity index (χ0v) is 12.7. The number of carbonyl (C=O) groups is 1. The Bertz CT molecular complexity index is 713. The van der Waals surface area contributed by atoms with Crippen molar-refractivity contribution in [1.82, 2.24) is 9.88 Å². The van der Waals surface area contributed by atoms with Crippen molar-refractivity contribution >= 4 is 5.91 Å². The number of halogens is 3. The van der Waals surface area contributed by atoms with Gasteiger partial charge < -0.3 is 9.64 Å². The molecule has 1 fully saturated rings. The highest BCUT2D eigenvalue weighted by molar-refractivity contribution is 5.94. The van der Waals surface area contributed by atoms with Crippen molar-refractivity contribution in [2.75, 3.05) is 19.7 Å². The van der Waals surface area contributed by atoms with E-state index in [0.29, 0.717) is 25.4 Å². The molecule has 2 heterocycles. The normalized spacial score (nSPS) is 15.0. The van der Waals surface area contributed by atoms with Crippen LogP contribution in [-0.2, 0) is 6.18 Å². The minimum atomic E-state index is -4.45. The molecule has 1 amide bonds. The molecule has 1 aliphatic rings. The highest BCUT2D eigenvalue weighted by Gasteiger charge is 2.34. The van der Waals surface area contributed by atoms with Gasteiger partial charge in [0.25, 0.3) is 5.91 Å². The number of aromatic nitrogens is 1. The molecule has 0 aliphatic carbocycles. The number of benzene rings is 1. The third kappa shape index (κ3) is 3.67. The molecule has 1 saturated heterocycles. The van der Waals surface area contributed by atoms with Crippen LogP contribution in [0.1, 0.15) is 15.9 Å². The second-order valence-corrected chi connectivity index (χ2v) is 5.65. The van der Waals surface area contributed by atoms with Crippen molar-refractivity contribution in [3.8, 4) is 5.75 Å². The van der Waals surface area contributed by atoms with Crippen LogP contribution >= 0.6 is 0 Å². The standard InChI is InChI=1S/C17H15F3N2O2/c18-17(19,20)14-4-1-3-13(7-14)16(23)22-9-12(10-22)11-24-15-5-2-6-21-8-15/h1-8,12H,9-11H2. The number of hydrogen-bond acceptors (Lipinski definition) is 3. The summed E-state index contributed by atoms with van der Waals surface area (Å²) in [5.41, 5.74) is -0.762. The van der Waals surface area contributed by atoms with Gasteiger partial charge in [-0.1, -0.05) is 6.07 Å². The Morgan fingerprint density at radius 2 is 2.04 bits per heavy atom. The van der Waals surface area contributed by atoms with Gasteiger partial charge in [0.05, 0.1) is 18.4 Å². The summed E-state index contributed by atoms with van der Waals surface area (Å²) in [5.74, 6) is 0.429. The van der Waals surface area contributed by atoms with E-state index in [0.717, 1.165) is 12.1 Å². The van der Waals surface area contributed by atoms with Crippen LogP contribution in [0.4, 0.5) is 13.2 Å². The molecule has 2 aromatic rings. The Labute approximate surface area is 136 Å². The van der Waals surface area contributed by atoms with E-state index in [1.54, 1.807) is 24.5 Å².